The van der Waals surface area contributed by atoms with Gasteiger partial charge in [0.15, 0.2) is 0 Å². The van der Waals surface area contributed by atoms with E-state index < -0.39 is 0 Å². The van der Waals surface area contributed by atoms with Gasteiger partial charge in [0, 0.05) is 18.9 Å². The van der Waals surface area contributed by atoms with Crippen LogP contribution in [0.15, 0.2) is 77.5 Å². The predicted molar refractivity (Wildman–Crippen MR) is 113 cm³/mol. The summed E-state index contributed by atoms with van der Waals surface area (Å²) in [6.07, 6.45) is 0.442. The average molecular weight is 379 g/mol. The minimum atomic E-state index is 0.0614. The molecule has 4 heteroatoms. The van der Waals surface area contributed by atoms with Gasteiger partial charge in [-0.3, -0.25) is 4.79 Å². The maximum Gasteiger partial charge on any atom is 0.221 e. The van der Waals surface area contributed by atoms with Crippen molar-refractivity contribution in [2.75, 3.05) is 20.6 Å². The predicted octanol–water partition coefficient (Wildman–Crippen LogP) is 4.69. The lowest BCUT2D eigenvalue weighted by molar-refractivity contribution is -0.121. The fourth-order valence-electron chi connectivity index (χ4n) is 3.33. The molecule has 0 saturated carbocycles. The molecule has 1 aromatic heterocycles. The van der Waals surface area contributed by atoms with E-state index in [9.17, 15) is 4.79 Å². The summed E-state index contributed by atoms with van der Waals surface area (Å²) >= 11 is 1.69. The third-order valence-electron chi connectivity index (χ3n) is 4.84. The van der Waals surface area contributed by atoms with Crippen molar-refractivity contribution in [2.45, 2.75) is 18.4 Å². The maximum atomic E-state index is 12.8. The molecule has 1 N–H and O–H groups in total. The fourth-order valence-corrected chi connectivity index (χ4v) is 4.04. The summed E-state index contributed by atoms with van der Waals surface area (Å²) in [5.74, 6) is 0.140. The van der Waals surface area contributed by atoms with Crippen LogP contribution in [0.1, 0.15) is 35.1 Å². The van der Waals surface area contributed by atoms with E-state index in [1.807, 2.05) is 50.5 Å². The Bertz CT molecular complexity index is 777. The van der Waals surface area contributed by atoms with E-state index in [2.05, 4.69) is 51.3 Å². The molecule has 1 heterocycles. The van der Waals surface area contributed by atoms with Gasteiger partial charge in [-0.1, -0.05) is 60.7 Å². The molecule has 0 aliphatic carbocycles. The zero-order valence-electron chi connectivity index (χ0n) is 15.8. The Kier molecular flexibility index (Phi) is 6.80. The van der Waals surface area contributed by atoms with Gasteiger partial charge in [0.25, 0.3) is 0 Å². The lowest BCUT2D eigenvalue weighted by Crippen LogP contribution is -2.35. The first-order chi connectivity index (χ1) is 13.1. The van der Waals surface area contributed by atoms with Crippen molar-refractivity contribution in [1.29, 1.82) is 0 Å². The summed E-state index contributed by atoms with van der Waals surface area (Å²) in [4.78, 5) is 14.9. The van der Waals surface area contributed by atoms with Gasteiger partial charge in [-0.15, -0.1) is 0 Å². The molecule has 0 aliphatic rings. The number of amides is 1. The molecule has 3 rings (SSSR count). The Morgan fingerprint density at radius 1 is 0.926 bits per heavy atom. The van der Waals surface area contributed by atoms with Gasteiger partial charge in [-0.25, -0.2) is 0 Å². The average Bonchev–Trinajstić information content (AvgIpc) is 3.22. The molecular weight excluding hydrogens is 352 g/mol. The Morgan fingerprint density at radius 3 is 2.00 bits per heavy atom. The monoisotopic (exact) mass is 378 g/mol. The minimum Gasteiger partial charge on any atom is -0.354 e. The standard InChI is InChI=1S/C23H26N2OS/c1-25(2)22(20-13-14-27-17-20)16-24-23(26)15-21(18-9-5-3-6-10-18)19-11-7-4-8-12-19/h3-14,17,21-22H,15-16H2,1-2H3,(H,24,26). The van der Waals surface area contributed by atoms with Gasteiger partial charge < -0.3 is 10.2 Å². The number of likely N-dealkylation sites (N-methyl/N-ethyl adjacent to an activating group) is 1. The fraction of sp³-hybridized carbons (Fsp3) is 0.261. The number of hydrogen-bond donors (Lipinski definition) is 1. The third-order valence-corrected chi connectivity index (χ3v) is 5.54. The number of hydrogen-bond acceptors (Lipinski definition) is 3. The normalized spacial score (nSPS) is 12.3. The van der Waals surface area contributed by atoms with Gasteiger partial charge in [0.2, 0.25) is 5.91 Å². The summed E-state index contributed by atoms with van der Waals surface area (Å²) in [5.41, 5.74) is 3.58. The van der Waals surface area contributed by atoms with E-state index in [-0.39, 0.29) is 17.9 Å². The summed E-state index contributed by atoms with van der Waals surface area (Å²) in [7, 11) is 4.09. The van der Waals surface area contributed by atoms with Crippen LogP contribution < -0.4 is 5.32 Å². The van der Waals surface area contributed by atoms with Gasteiger partial charge in [0.05, 0.1) is 6.04 Å². The lowest BCUT2D eigenvalue weighted by Gasteiger charge is -2.25. The number of carbonyl (C=O) groups is 1. The van der Waals surface area contributed by atoms with E-state index in [0.717, 1.165) is 0 Å². The molecule has 1 unspecified atom stereocenters. The van der Waals surface area contributed by atoms with Crippen molar-refractivity contribution in [3.05, 3.63) is 94.2 Å². The van der Waals surface area contributed by atoms with Crippen molar-refractivity contribution in [3.63, 3.8) is 0 Å². The molecule has 0 spiro atoms. The highest BCUT2D eigenvalue weighted by molar-refractivity contribution is 7.07. The summed E-state index contributed by atoms with van der Waals surface area (Å²) in [6, 6.07) is 22.8. The van der Waals surface area contributed by atoms with Crippen molar-refractivity contribution >= 4 is 17.2 Å². The largest absolute Gasteiger partial charge is 0.354 e. The molecule has 2 aromatic carbocycles. The number of benzene rings is 2. The Hall–Kier alpha value is -2.43. The van der Waals surface area contributed by atoms with Crippen molar-refractivity contribution in [1.82, 2.24) is 10.2 Å². The Morgan fingerprint density at radius 2 is 1.52 bits per heavy atom. The molecule has 1 amide bonds. The molecule has 3 nitrogen and oxygen atoms in total. The first-order valence-corrected chi connectivity index (χ1v) is 10.1. The third kappa shape index (κ3) is 5.28. The molecule has 0 fully saturated rings. The Labute approximate surface area is 165 Å². The van der Waals surface area contributed by atoms with Crippen LogP contribution in [0, 0.1) is 0 Å². The van der Waals surface area contributed by atoms with Gasteiger partial charge >= 0.3 is 0 Å². The molecule has 0 bridgehead atoms. The van der Waals surface area contributed by atoms with Gasteiger partial charge in [0.1, 0.15) is 0 Å². The van der Waals surface area contributed by atoms with Gasteiger partial charge in [-0.2, -0.15) is 11.3 Å². The highest BCUT2D eigenvalue weighted by atomic mass is 32.1. The molecule has 0 saturated heterocycles. The summed E-state index contributed by atoms with van der Waals surface area (Å²) in [6.45, 7) is 0.610. The number of rotatable bonds is 8. The number of nitrogens with zero attached hydrogens (tertiary/aromatic N) is 1. The Balaban J connectivity index is 1.69. The zero-order valence-corrected chi connectivity index (χ0v) is 16.7. The van der Waals surface area contributed by atoms with Crippen LogP contribution in [0.2, 0.25) is 0 Å². The van der Waals surface area contributed by atoms with E-state index in [1.165, 1.54) is 16.7 Å². The van der Waals surface area contributed by atoms with Crippen LogP contribution >= 0.6 is 11.3 Å². The molecule has 140 valence electrons. The lowest BCUT2D eigenvalue weighted by atomic mass is 9.88. The second-order valence-corrected chi connectivity index (χ2v) is 7.70. The first-order valence-electron chi connectivity index (χ1n) is 9.20. The highest BCUT2D eigenvalue weighted by Crippen LogP contribution is 2.28. The highest BCUT2D eigenvalue weighted by Gasteiger charge is 2.20. The SMILES string of the molecule is CN(C)C(CNC(=O)CC(c1ccccc1)c1ccccc1)c1ccsc1. The molecule has 0 radical (unpaired) electrons. The van der Waals surface area contributed by atoms with E-state index >= 15 is 0 Å². The van der Waals surface area contributed by atoms with Crippen LogP contribution in [0.25, 0.3) is 0 Å². The van der Waals surface area contributed by atoms with Crippen LogP contribution in [0.5, 0.6) is 0 Å². The van der Waals surface area contributed by atoms with Crippen LogP contribution in [0.4, 0.5) is 0 Å². The second-order valence-electron chi connectivity index (χ2n) is 6.92. The minimum absolute atomic E-state index is 0.0614. The smallest absolute Gasteiger partial charge is 0.221 e. The van der Waals surface area contributed by atoms with Crippen molar-refractivity contribution < 1.29 is 4.79 Å². The number of carbonyl (C=O) groups excluding carboxylic acids is 1. The van der Waals surface area contributed by atoms with E-state index in [0.29, 0.717) is 13.0 Å². The molecular formula is C23H26N2OS. The number of nitrogens with one attached hydrogen (secondary N) is 1. The van der Waals surface area contributed by atoms with Crippen LogP contribution in [0.3, 0.4) is 0 Å². The molecule has 0 aliphatic heterocycles. The number of thiophene rings is 1. The van der Waals surface area contributed by atoms with Crippen LogP contribution in [-0.2, 0) is 4.79 Å². The van der Waals surface area contributed by atoms with E-state index in [4.69, 9.17) is 0 Å². The maximum absolute atomic E-state index is 12.8. The molecule has 1 atom stereocenters. The molecule has 3 aromatic rings. The van der Waals surface area contributed by atoms with Crippen LogP contribution in [-0.4, -0.2) is 31.4 Å². The van der Waals surface area contributed by atoms with E-state index in [1.54, 1.807) is 11.3 Å². The van der Waals surface area contributed by atoms with Crippen molar-refractivity contribution in [3.8, 4) is 0 Å². The summed E-state index contributed by atoms with van der Waals surface area (Å²) in [5, 5.41) is 7.37. The zero-order chi connectivity index (χ0) is 19.1. The van der Waals surface area contributed by atoms with Gasteiger partial charge in [-0.05, 0) is 47.6 Å². The topological polar surface area (TPSA) is 32.3 Å². The van der Waals surface area contributed by atoms with Crippen molar-refractivity contribution in [2.24, 2.45) is 0 Å². The summed E-state index contributed by atoms with van der Waals surface area (Å²) < 4.78 is 0. The molecule has 27 heavy (non-hydrogen) atoms. The first kappa shape index (κ1) is 19.3. The quantitative estimate of drug-likeness (QED) is 0.617. The second kappa shape index (κ2) is 9.49.